The molecule has 14 nitrogen and oxygen atoms in total. The van der Waals surface area contributed by atoms with E-state index in [4.69, 9.17) is 11.6 Å². The number of imidazole rings is 1. The van der Waals surface area contributed by atoms with Crippen LogP contribution in [0.2, 0.25) is 5.02 Å². The molecule has 2 aliphatic heterocycles. The van der Waals surface area contributed by atoms with Crippen molar-refractivity contribution in [2.24, 2.45) is 20.0 Å². The maximum atomic E-state index is 16.1. The smallest absolute Gasteiger partial charge is 0.328 e. The Bertz CT molecular complexity index is 2280. The number of benzene rings is 2. The highest BCUT2D eigenvalue weighted by atomic mass is 35.5. The van der Waals surface area contributed by atoms with E-state index in [9.17, 15) is 19.5 Å². The Hall–Kier alpha value is -5.02. The number of fused-ring (bicyclic) bond motifs is 2. The number of carbonyl (C=O) groups excluding carboxylic acids is 2. The minimum Gasteiger partial charge on any atom is -0.390 e. The Morgan fingerprint density at radius 3 is 2.63 bits per heavy atom. The van der Waals surface area contributed by atoms with Gasteiger partial charge in [0, 0.05) is 57.3 Å². The van der Waals surface area contributed by atoms with Crippen LogP contribution in [0.25, 0.3) is 21.9 Å². The summed E-state index contributed by atoms with van der Waals surface area (Å²) in [5, 5.41) is 25.1. The molecule has 7 rings (SSSR count). The molecule has 4 N–H and O–H groups in total. The fourth-order valence-electron chi connectivity index (χ4n) is 7.22. The number of hydrogen-bond acceptors (Lipinski definition) is 10. The van der Waals surface area contributed by atoms with Gasteiger partial charge < -0.3 is 20.6 Å². The van der Waals surface area contributed by atoms with Crippen molar-refractivity contribution in [3.63, 3.8) is 0 Å². The third-order valence-electron chi connectivity index (χ3n) is 10.2. The first kappa shape index (κ1) is 35.4. The number of imide groups is 1. The third-order valence-corrected chi connectivity index (χ3v) is 10.4. The summed E-state index contributed by atoms with van der Waals surface area (Å²) in [6.45, 7) is 6.91. The fourth-order valence-corrected chi connectivity index (χ4v) is 7.36. The molecule has 52 heavy (non-hydrogen) atoms. The van der Waals surface area contributed by atoms with E-state index < -0.39 is 17.3 Å². The number of carbonyl (C=O) groups is 2. The highest BCUT2D eigenvalue weighted by Crippen LogP contribution is 2.34. The summed E-state index contributed by atoms with van der Waals surface area (Å²) in [5.41, 5.74) is 1.78. The molecular weight excluding hydrogens is 691 g/mol. The average Bonchev–Trinajstić information content (AvgIpc) is 3.54. The van der Waals surface area contributed by atoms with E-state index in [1.54, 1.807) is 37.7 Å². The normalized spacial score (nSPS) is 19.8. The zero-order chi connectivity index (χ0) is 37.1. The first-order valence-electron chi connectivity index (χ1n) is 17.4. The van der Waals surface area contributed by atoms with Gasteiger partial charge in [0.05, 0.1) is 40.1 Å². The van der Waals surface area contributed by atoms with E-state index in [0.717, 1.165) is 23.0 Å². The lowest BCUT2D eigenvalue weighted by Crippen LogP contribution is -2.46. The van der Waals surface area contributed by atoms with Crippen molar-refractivity contribution < 1.29 is 19.1 Å². The summed E-state index contributed by atoms with van der Waals surface area (Å²) < 4.78 is 20.6. The Labute approximate surface area is 304 Å². The summed E-state index contributed by atoms with van der Waals surface area (Å²) in [7, 11) is 3.44. The van der Waals surface area contributed by atoms with Crippen molar-refractivity contribution in [3.8, 4) is 0 Å². The number of aryl methyl sites for hydroxylation is 3. The number of piperidine rings is 2. The lowest BCUT2D eigenvalue weighted by Gasteiger charge is -2.37. The monoisotopic (exact) mass is 732 g/mol. The number of nitrogens with zero attached hydrogens (tertiary/aromatic N) is 7. The molecule has 0 bridgehead atoms. The molecule has 2 aliphatic rings. The molecule has 274 valence electrons. The second-order valence-corrected chi connectivity index (χ2v) is 15.0. The second kappa shape index (κ2) is 13.5. The van der Waals surface area contributed by atoms with Crippen LogP contribution in [0.1, 0.15) is 58.1 Å². The number of rotatable bonds is 9. The molecule has 2 amide bonds. The molecule has 5 heterocycles. The SMILES string of the molecule is C[C@@H]1CN(c2ncc(Cl)c(Nc3ccc4c(c3F)n(CCC(C)(C)O)c(=O)n4C)n2)CC[C@@H]1Nc1ccc2c(C3CCC(=O)NC3=O)nn(C)c2c1. The Morgan fingerprint density at radius 2 is 1.90 bits per heavy atom. The number of halogens is 2. The maximum Gasteiger partial charge on any atom is 0.328 e. The van der Waals surface area contributed by atoms with Crippen LogP contribution < -0.4 is 26.5 Å². The van der Waals surface area contributed by atoms with Crippen LogP contribution in [0.5, 0.6) is 0 Å². The summed E-state index contributed by atoms with van der Waals surface area (Å²) in [4.78, 5) is 48.4. The molecular formula is C36H42ClFN10O4. The number of hydrogen-bond donors (Lipinski definition) is 4. The molecule has 0 radical (unpaired) electrons. The van der Waals surface area contributed by atoms with Crippen molar-refractivity contribution >= 4 is 68.5 Å². The van der Waals surface area contributed by atoms with Crippen molar-refractivity contribution in [1.29, 1.82) is 0 Å². The molecule has 0 spiro atoms. The number of aliphatic hydroxyl groups is 1. The lowest BCUT2D eigenvalue weighted by molar-refractivity contribution is -0.134. The lowest BCUT2D eigenvalue weighted by atomic mass is 9.92. The highest BCUT2D eigenvalue weighted by Gasteiger charge is 2.32. The van der Waals surface area contributed by atoms with E-state index >= 15 is 4.39 Å². The Balaban J connectivity index is 1.05. The largest absolute Gasteiger partial charge is 0.390 e. The zero-order valence-corrected chi connectivity index (χ0v) is 30.5. The van der Waals surface area contributed by atoms with Crippen molar-refractivity contribution in [2.75, 3.05) is 28.6 Å². The van der Waals surface area contributed by atoms with Crippen LogP contribution in [0.3, 0.4) is 0 Å². The molecule has 2 aromatic carbocycles. The van der Waals surface area contributed by atoms with Gasteiger partial charge in [-0.25, -0.2) is 14.2 Å². The van der Waals surface area contributed by atoms with Crippen LogP contribution >= 0.6 is 11.6 Å². The maximum absolute atomic E-state index is 16.1. The van der Waals surface area contributed by atoms with Crippen LogP contribution in [-0.4, -0.2) is 70.5 Å². The summed E-state index contributed by atoms with van der Waals surface area (Å²) >= 11 is 6.50. The molecule has 2 fully saturated rings. The molecule has 3 atom stereocenters. The van der Waals surface area contributed by atoms with Gasteiger partial charge in [-0.1, -0.05) is 18.5 Å². The standard InChI is InChI=1S/C36H42ClFN10O4/c1-19-18-47(14-12-24(19)40-20-6-7-21-27(16-20)46(5)44-30(21)22-8-11-28(49)42-33(22)50)34-39-17-23(37)32(43-34)41-25-9-10-26-31(29(25)38)48(35(51)45(26)4)15-13-36(2,3)52/h6-7,9-10,16-17,19,22,24,40,52H,8,11-15,18H2,1-5H3,(H,39,41,43)(H,42,49,50)/t19-,22?,24+/m1/s1. The number of aromatic nitrogens is 6. The van der Waals surface area contributed by atoms with E-state index in [2.05, 4.69) is 42.8 Å². The fraction of sp³-hybridized carbons (Fsp3) is 0.444. The minimum absolute atomic E-state index is 0.104. The van der Waals surface area contributed by atoms with Gasteiger partial charge in [-0.3, -0.25) is 28.7 Å². The third kappa shape index (κ3) is 6.70. The van der Waals surface area contributed by atoms with Gasteiger partial charge in [0.1, 0.15) is 10.5 Å². The van der Waals surface area contributed by atoms with Gasteiger partial charge in [0.15, 0.2) is 11.6 Å². The number of nitrogens with one attached hydrogen (secondary N) is 3. The van der Waals surface area contributed by atoms with Crippen molar-refractivity contribution in [3.05, 3.63) is 63.5 Å². The predicted octanol–water partition coefficient (Wildman–Crippen LogP) is 4.56. The second-order valence-electron chi connectivity index (χ2n) is 14.5. The summed E-state index contributed by atoms with van der Waals surface area (Å²) in [6.07, 6.45) is 3.29. The molecule has 1 unspecified atom stereocenters. The molecule has 2 saturated heterocycles. The van der Waals surface area contributed by atoms with Gasteiger partial charge in [-0.05, 0) is 69.4 Å². The molecule has 0 saturated carbocycles. The predicted molar refractivity (Wildman–Crippen MR) is 198 cm³/mol. The van der Waals surface area contributed by atoms with Gasteiger partial charge >= 0.3 is 5.69 Å². The Kier molecular flexibility index (Phi) is 9.19. The summed E-state index contributed by atoms with van der Waals surface area (Å²) in [5.74, 6) is -0.755. The molecule has 3 aromatic heterocycles. The van der Waals surface area contributed by atoms with Crippen molar-refractivity contribution in [2.45, 2.75) is 70.6 Å². The van der Waals surface area contributed by atoms with Gasteiger partial charge in [0.2, 0.25) is 17.8 Å². The van der Waals surface area contributed by atoms with Crippen LogP contribution in [0, 0.1) is 11.7 Å². The zero-order valence-electron chi connectivity index (χ0n) is 29.7. The topological polar surface area (TPSA) is 164 Å². The first-order chi connectivity index (χ1) is 24.7. The average molecular weight is 733 g/mol. The van der Waals surface area contributed by atoms with Gasteiger partial charge in [-0.15, -0.1) is 0 Å². The number of anilines is 4. The molecule has 16 heteroatoms. The quantitative estimate of drug-likeness (QED) is 0.158. The van der Waals surface area contributed by atoms with Crippen LogP contribution in [-0.2, 0) is 30.2 Å². The molecule has 0 aliphatic carbocycles. The first-order valence-corrected chi connectivity index (χ1v) is 17.8. The van der Waals surface area contributed by atoms with Gasteiger partial charge in [-0.2, -0.15) is 10.1 Å². The van der Waals surface area contributed by atoms with Crippen molar-refractivity contribution in [1.82, 2.24) is 34.2 Å². The van der Waals surface area contributed by atoms with Crippen LogP contribution in [0.15, 0.2) is 41.3 Å². The molecule has 5 aromatic rings. The van der Waals surface area contributed by atoms with E-state index in [-0.39, 0.29) is 64.5 Å². The summed E-state index contributed by atoms with van der Waals surface area (Å²) in [6, 6.07) is 9.39. The number of amides is 2. The highest BCUT2D eigenvalue weighted by molar-refractivity contribution is 6.33. The minimum atomic E-state index is -1.03. The van der Waals surface area contributed by atoms with E-state index in [1.807, 2.05) is 25.2 Å². The van der Waals surface area contributed by atoms with E-state index in [0.29, 0.717) is 43.1 Å². The van der Waals surface area contributed by atoms with Gasteiger partial charge in [0.25, 0.3) is 0 Å². The van der Waals surface area contributed by atoms with Crippen LogP contribution in [0.4, 0.5) is 27.5 Å². The van der Waals surface area contributed by atoms with E-state index in [1.165, 1.54) is 15.3 Å². The Morgan fingerprint density at radius 1 is 1.12 bits per heavy atom.